The number of nitrogens with one attached hydrogen (secondary N) is 2. The van der Waals surface area contributed by atoms with Gasteiger partial charge in [-0.25, -0.2) is 14.2 Å². The van der Waals surface area contributed by atoms with Crippen LogP contribution < -0.4 is 10.6 Å². The van der Waals surface area contributed by atoms with Crippen LogP contribution >= 0.6 is 34.2 Å². The molecule has 0 aliphatic heterocycles. The standard InChI is InChI=1S/C26H24ClF3IN3O/c27-23-11-10-18(16-32-23)25(15-17-6-2-1-3-7-17,34-24(35)33-22-8-4-5-9-22)19-12-20(26(29,30)31)14-21(28)13-19/h1-3,6-7,10-14,16,22H,4-5,8-9,15H2,(H2,33,34,35). The summed E-state index contributed by atoms with van der Waals surface area (Å²) in [5.74, 6) is -0.828. The Bertz CT molecular complexity index is 1170. The molecule has 184 valence electrons. The minimum absolute atomic E-state index is 0.0227. The van der Waals surface area contributed by atoms with Gasteiger partial charge < -0.3 is 10.6 Å². The number of aromatic nitrogens is 1. The number of nitrogens with zero attached hydrogens (tertiary/aromatic N) is 1. The lowest BCUT2D eigenvalue weighted by Gasteiger charge is -2.37. The van der Waals surface area contributed by atoms with E-state index in [1.807, 2.05) is 30.3 Å². The second-order valence-corrected chi connectivity index (χ2v) is 10.5. The molecule has 1 fully saturated rings. The molecule has 1 heterocycles. The van der Waals surface area contributed by atoms with Gasteiger partial charge in [0.15, 0.2) is 0 Å². The molecule has 2 aromatic carbocycles. The molecule has 1 aliphatic rings. The lowest BCUT2D eigenvalue weighted by molar-refractivity contribution is 0.127. The van der Waals surface area contributed by atoms with Gasteiger partial charge in [0.25, 0.3) is 0 Å². The minimum atomic E-state index is -3.31. The van der Waals surface area contributed by atoms with Gasteiger partial charge in [0, 0.05) is 52.4 Å². The maximum absolute atomic E-state index is 14.8. The van der Waals surface area contributed by atoms with Crippen LogP contribution in [-0.2, 0) is 15.9 Å². The van der Waals surface area contributed by atoms with Crippen LogP contribution in [0.25, 0.3) is 0 Å². The van der Waals surface area contributed by atoms with Gasteiger partial charge in [-0.1, -0.05) is 60.8 Å². The molecule has 1 saturated carbocycles. The van der Waals surface area contributed by atoms with Crippen LogP contribution in [0.15, 0.2) is 66.9 Å². The summed E-state index contributed by atoms with van der Waals surface area (Å²) < 4.78 is 40.1. The van der Waals surface area contributed by atoms with Crippen molar-refractivity contribution in [1.29, 1.82) is 0 Å². The third kappa shape index (κ3) is 6.27. The van der Waals surface area contributed by atoms with E-state index >= 15 is 0 Å². The third-order valence-electron chi connectivity index (χ3n) is 6.27. The number of halogens is 5. The zero-order valence-electron chi connectivity index (χ0n) is 18.7. The lowest BCUT2D eigenvalue weighted by Crippen LogP contribution is -2.53. The van der Waals surface area contributed by atoms with Gasteiger partial charge in [0.2, 0.25) is 0 Å². The van der Waals surface area contributed by atoms with Crippen LogP contribution in [0.1, 0.15) is 47.9 Å². The quantitative estimate of drug-likeness (QED) is 0.170. The minimum Gasteiger partial charge on any atom is -0.335 e. The van der Waals surface area contributed by atoms with E-state index in [0.717, 1.165) is 59.9 Å². The Morgan fingerprint density at radius 1 is 1.03 bits per heavy atom. The molecule has 0 spiro atoms. The zero-order chi connectivity index (χ0) is 25.1. The van der Waals surface area contributed by atoms with Gasteiger partial charge in [0.1, 0.15) is 11.0 Å². The number of hydrogen-bond donors (Lipinski definition) is 2. The number of carbonyl (C=O) groups is 1. The Labute approximate surface area is 220 Å². The van der Waals surface area contributed by atoms with Crippen LogP contribution in [0.4, 0.5) is 18.0 Å². The number of urea groups is 1. The lowest BCUT2D eigenvalue weighted by atomic mass is 9.78. The second kappa shape index (κ2) is 10.7. The van der Waals surface area contributed by atoms with Crippen molar-refractivity contribution in [3.8, 4) is 0 Å². The van der Waals surface area contributed by atoms with E-state index in [0.29, 0.717) is 5.56 Å². The van der Waals surface area contributed by atoms with Crippen molar-refractivity contribution in [1.82, 2.24) is 15.6 Å². The fourth-order valence-corrected chi connectivity index (χ4v) is 5.00. The first kappa shape index (κ1) is 25.8. The number of hydrogen-bond acceptors (Lipinski definition) is 2. The van der Waals surface area contributed by atoms with E-state index in [1.165, 1.54) is 18.3 Å². The van der Waals surface area contributed by atoms with Crippen molar-refractivity contribution >= 4 is 40.2 Å². The molecule has 1 atom stereocenters. The highest BCUT2D eigenvalue weighted by Crippen LogP contribution is 2.40. The first-order chi connectivity index (χ1) is 16.7. The Hall–Kier alpha value is -2.33. The zero-order valence-corrected chi connectivity index (χ0v) is 21.6. The Morgan fingerprint density at radius 3 is 2.34 bits per heavy atom. The van der Waals surface area contributed by atoms with E-state index in [2.05, 4.69) is 15.6 Å². The molecular formula is C26H24ClF3IN3O. The molecule has 0 bridgehead atoms. The molecule has 4 nitrogen and oxygen atoms in total. The van der Waals surface area contributed by atoms with Gasteiger partial charge in [-0.2, -0.15) is 8.78 Å². The molecule has 0 saturated heterocycles. The molecule has 4 rings (SSSR count). The molecule has 3 aromatic rings. The number of alkyl halides is 3. The molecule has 1 aromatic heterocycles. The number of pyridine rings is 1. The number of rotatable bonds is 7. The van der Waals surface area contributed by atoms with Crippen molar-refractivity contribution in [2.24, 2.45) is 0 Å². The largest absolute Gasteiger partial charge is 0.335 e. The Morgan fingerprint density at radius 2 is 1.71 bits per heavy atom. The van der Waals surface area contributed by atoms with Gasteiger partial charge in [0.05, 0.1) is 5.54 Å². The van der Waals surface area contributed by atoms with Crippen LogP contribution in [-0.4, -0.2) is 17.1 Å². The maximum atomic E-state index is 14.8. The van der Waals surface area contributed by atoms with Crippen LogP contribution in [0.5, 0.6) is 0 Å². The first-order valence-corrected chi connectivity index (χ1v) is 12.7. The number of benzene rings is 2. The molecule has 1 unspecified atom stereocenters. The van der Waals surface area contributed by atoms with E-state index in [9.17, 15) is 18.0 Å². The molecule has 2 N–H and O–H groups in total. The number of amides is 2. The summed E-state index contributed by atoms with van der Waals surface area (Å²) in [5, 5.41) is 6.24. The van der Waals surface area contributed by atoms with Crippen molar-refractivity contribution in [3.63, 3.8) is 0 Å². The van der Waals surface area contributed by atoms with Gasteiger partial charge >= 0.3 is 9.96 Å². The molecule has 35 heavy (non-hydrogen) atoms. The average Bonchev–Trinajstić information content (AvgIpc) is 3.31. The Balaban J connectivity index is 1.89. The highest BCUT2D eigenvalue weighted by atomic mass is 127. The normalized spacial score (nSPS) is 16.0. The van der Waals surface area contributed by atoms with Crippen molar-refractivity contribution in [2.75, 3.05) is 0 Å². The number of carbonyl (C=O) groups excluding carboxylic acids is 1. The second-order valence-electron chi connectivity index (χ2n) is 8.74. The van der Waals surface area contributed by atoms with Crippen LogP contribution in [0.2, 0.25) is 5.15 Å². The molecular weight excluding hydrogens is 590 g/mol. The van der Waals surface area contributed by atoms with Crippen molar-refractivity contribution in [2.45, 2.75) is 47.6 Å². The van der Waals surface area contributed by atoms with E-state index in [-0.39, 0.29) is 23.2 Å². The highest BCUT2D eigenvalue weighted by molar-refractivity contribution is 14.1. The summed E-state index contributed by atoms with van der Waals surface area (Å²) in [7, 11) is 0. The van der Waals surface area contributed by atoms with E-state index < -0.39 is 26.9 Å². The molecule has 0 radical (unpaired) electrons. The summed E-state index contributed by atoms with van der Waals surface area (Å²) in [4.78, 5) is 17.4. The summed E-state index contributed by atoms with van der Waals surface area (Å²) in [5.41, 5.74) is -0.416. The summed E-state index contributed by atoms with van der Waals surface area (Å²) in [6.45, 7) is 0. The summed E-state index contributed by atoms with van der Waals surface area (Å²) in [6, 6.07) is 15.3. The third-order valence-corrected chi connectivity index (χ3v) is 7.11. The van der Waals surface area contributed by atoms with Gasteiger partial charge in [-0.15, -0.1) is 0 Å². The fraction of sp³-hybridized carbons (Fsp3) is 0.308. The summed E-state index contributed by atoms with van der Waals surface area (Å²) >= 11 is 7.00. The predicted molar refractivity (Wildman–Crippen MR) is 138 cm³/mol. The van der Waals surface area contributed by atoms with Crippen LogP contribution in [0.3, 0.4) is 0 Å². The summed E-state index contributed by atoms with van der Waals surface area (Å²) in [6.07, 6.45) is 5.44. The Kier molecular flexibility index (Phi) is 7.90. The van der Waals surface area contributed by atoms with Crippen LogP contribution in [0, 0.1) is 5.82 Å². The highest BCUT2D eigenvalue weighted by Gasteiger charge is 2.39. The monoisotopic (exact) mass is 613 g/mol. The van der Waals surface area contributed by atoms with Gasteiger partial charge in [-0.3, -0.25) is 0 Å². The molecule has 9 heteroatoms. The maximum Gasteiger partial charge on any atom is 0.321 e. The molecule has 2 amide bonds. The fourth-order valence-electron chi connectivity index (χ4n) is 4.57. The van der Waals surface area contributed by atoms with Crippen molar-refractivity contribution < 1.29 is 18.0 Å². The van der Waals surface area contributed by atoms with E-state index in [4.69, 9.17) is 11.6 Å². The first-order valence-electron chi connectivity index (χ1n) is 11.3. The van der Waals surface area contributed by atoms with Gasteiger partial charge in [-0.05, 0) is 48.2 Å². The smallest absolute Gasteiger partial charge is 0.321 e. The van der Waals surface area contributed by atoms with Crippen molar-refractivity contribution in [3.05, 3.63) is 100 Å². The molecule has 1 aliphatic carbocycles. The SMILES string of the molecule is O=C(NC1CCCC1)NC(Cc1ccccc1)(c1ccc(Cl)nc1)c1cc(F)cc(C(F)(F)I)c1. The topological polar surface area (TPSA) is 54.0 Å². The average molecular weight is 614 g/mol. The predicted octanol–water partition coefficient (Wildman–Crippen LogP) is 7.09. The van der Waals surface area contributed by atoms with E-state index in [1.54, 1.807) is 12.1 Å².